The molecule has 0 unspecified atom stereocenters. The Labute approximate surface area is 179 Å². The summed E-state index contributed by atoms with van der Waals surface area (Å²) in [6.45, 7) is 6.10. The minimum Gasteiger partial charge on any atom is -0.360 e. The van der Waals surface area contributed by atoms with Crippen LogP contribution in [0.1, 0.15) is 40.3 Å². The van der Waals surface area contributed by atoms with Crippen molar-refractivity contribution in [2.75, 3.05) is 13.1 Å². The molecule has 3 aromatic heterocycles. The average molecular weight is 445 g/mol. The third kappa shape index (κ3) is 3.88. The van der Waals surface area contributed by atoms with Crippen LogP contribution >= 0.6 is 0 Å². The Morgan fingerprint density at radius 3 is 2.48 bits per heavy atom. The molecule has 9 nitrogen and oxygen atoms in total. The molecule has 0 aliphatic carbocycles. The number of sulfonamides is 1. The van der Waals surface area contributed by atoms with Gasteiger partial charge in [-0.15, -0.1) is 0 Å². The van der Waals surface area contributed by atoms with E-state index >= 15 is 0 Å². The molecule has 0 bridgehead atoms. The SMILES string of the molecule is Cc1cc(-n2c(C)cc(C(=O)Cn3cc(S(=O)(=O)N4CCCC4)ccc3=O)c2C)no1. The lowest BCUT2D eigenvalue weighted by atomic mass is 10.1. The van der Waals surface area contributed by atoms with E-state index in [9.17, 15) is 18.0 Å². The summed E-state index contributed by atoms with van der Waals surface area (Å²) in [5.74, 6) is 0.928. The molecule has 0 spiro atoms. The zero-order valence-corrected chi connectivity index (χ0v) is 18.5. The van der Waals surface area contributed by atoms with Gasteiger partial charge in [-0.05, 0) is 45.7 Å². The molecular weight excluding hydrogens is 420 g/mol. The predicted molar refractivity (Wildman–Crippen MR) is 113 cm³/mol. The van der Waals surface area contributed by atoms with E-state index in [2.05, 4.69) is 5.16 Å². The highest BCUT2D eigenvalue weighted by Crippen LogP contribution is 2.22. The molecule has 1 aliphatic rings. The van der Waals surface area contributed by atoms with Crippen molar-refractivity contribution in [2.24, 2.45) is 0 Å². The maximum absolute atomic E-state index is 13.0. The summed E-state index contributed by atoms with van der Waals surface area (Å²) in [4.78, 5) is 25.4. The van der Waals surface area contributed by atoms with Gasteiger partial charge >= 0.3 is 0 Å². The van der Waals surface area contributed by atoms with Crippen LogP contribution in [0.4, 0.5) is 0 Å². The van der Waals surface area contributed by atoms with E-state index in [4.69, 9.17) is 4.52 Å². The number of hydrogen-bond donors (Lipinski definition) is 0. The van der Waals surface area contributed by atoms with Crippen LogP contribution in [0.5, 0.6) is 0 Å². The van der Waals surface area contributed by atoms with Gasteiger partial charge in [0.2, 0.25) is 10.0 Å². The number of carbonyl (C=O) groups excluding carboxylic acids is 1. The first kappa shape index (κ1) is 21.3. The van der Waals surface area contributed by atoms with Gasteiger partial charge in [0.25, 0.3) is 5.56 Å². The van der Waals surface area contributed by atoms with E-state index in [1.807, 2.05) is 6.92 Å². The molecule has 0 radical (unpaired) electrons. The number of hydrogen-bond acceptors (Lipinski definition) is 6. The first-order valence-electron chi connectivity index (χ1n) is 10.0. The van der Waals surface area contributed by atoms with Crippen molar-refractivity contribution < 1.29 is 17.7 Å². The number of aromatic nitrogens is 3. The van der Waals surface area contributed by atoms with E-state index in [1.165, 1.54) is 22.6 Å². The van der Waals surface area contributed by atoms with E-state index < -0.39 is 15.6 Å². The number of nitrogens with zero attached hydrogens (tertiary/aromatic N) is 4. The van der Waals surface area contributed by atoms with Gasteiger partial charge in [0.1, 0.15) is 5.76 Å². The Morgan fingerprint density at radius 1 is 1.13 bits per heavy atom. The van der Waals surface area contributed by atoms with Crippen molar-refractivity contribution in [1.29, 1.82) is 0 Å². The molecule has 4 heterocycles. The van der Waals surface area contributed by atoms with Gasteiger partial charge in [0.05, 0.1) is 11.4 Å². The molecule has 4 rings (SSSR count). The second kappa shape index (κ2) is 7.93. The Kier molecular flexibility index (Phi) is 5.44. The molecule has 1 fully saturated rings. The third-order valence-electron chi connectivity index (χ3n) is 5.55. The normalized spacial score (nSPS) is 14.9. The second-order valence-corrected chi connectivity index (χ2v) is 9.72. The van der Waals surface area contributed by atoms with Crippen molar-refractivity contribution in [3.63, 3.8) is 0 Å². The van der Waals surface area contributed by atoms with Crippen LogP contribution in [-0.4, -0.2) is 45.9 Å². The van der Waals surface area contributed by atoms with Gasteiger partial charge in [-0.3, -0.25) is 14.2 Å². The van der Waals surface area contributed by atoms with Crippen LogP contribution in [-0.2, 0) is 16.6 Å². The highest BCUT2D eigenvalue weighted by molar-refractivity contribution is 7.89. The van der Waals surface area contributed by atoms with Crippen LogP contribution in [0.3, 0.4) is 0 Å². The maximum Gasteiger partial charge on any atom is 0.251 e. The largest absolute Gasteiger partial charge is 0.360 e. The van der Waals surface area contributed by atoms with Crippen molar-refractivity contribution in [3.8, 4) is 5.82 Å². The molecule has 31 heavy (non-hydrogen) atoms. The van der Waals surface area contributed by atoms with Gasteiger partial charge in [0, 0.05) is 48.4 Å². The molecule has 1 saturated heterocycles. The standard InChI is InChI=1S/C21H24N4O5S/c1-14-10-18(16(3)25(14)20-11-15(2)30-22-20)19(26)13-23-12-17(6-7-21(23)27)31(28,29)24-8-4-5-9-24/h6-7,10-12H,4-5,8-9,13H2,1-3H3. The summed E-state index contributed by atoms with van der Waals surface area (Å²) >= 11 is 0. The smallest absolute Gasteiger partial charge is 0.251 e. The highest BCUT2D eigenvalue weighted by atomic mass is 32.2. The van der Waals surface area contributed by atoms with E-state index in [1.54, 1.807) is 30.5 Å². The number of carbonyl (C=O) groups is 1. The molecule has 3 aromatic rings. The minimum absolute atomic E-state index is 0.0188. The van der Waals surface area contributed by atoms with Crippen LogP contribution < -0.4 is 5.56 Å². The first-order chi connectivity index (χ1) is 14.7. The Bertz CT molecular complexity index is 1310. The Balaban J connectivity index is 1.64. The van der Waals surface area contributed by atoms with Crippen molar-refractivity contribution in [3.05, 3.63) is 63.5 Å². The maximum atomic E-state index is 13.0. The fourth-order valence-corrected chi connectivity index (χ4v) is 5.50. The van der Waals surface area contributed by atoms with Gasteiger partial charge in [0.15, 0.2) is 11.6 Å². The van der Waals surface area contributed by atoms with Crippen LogP contribution in [0.2, 0.25) is 0 Å². The highest BCUT2D eigenvalue weighted by Gasteiger charge is 2.28. The summed E-state index contributed by atoms with van der Waals surface area (Å²) in [5, 5.41) is 4.00. The van der Waals surface area contributed by atoms with E-state index in [-0.39, 0.29) is 17.2 Å². The fourth-order valence-electron chi connectivity index (χ4n) is 3.96. The lowest BCUT2D eigenvalue weighted by molar-refractivity contribution is 0.0970. The van der Waals surface area contributed by atoms with Crippen molar-refractivity contribution >= 4 is 15.8 Å². The van der Waals surface area contributed by atoms with Gasteiger partial charge in [-0.2, -0.15) is 4.31 Å². The molecule has 0 saturated carbocycles. The van der Waals surface area contributed by atoms with Gasteiger partial charge in [-0.1, -0.05) is 5.16 Å². The third-order valence-corrected chi connectivity index (χ3v) is 7.43. The second-order valence-electron chi connectivity index (χ2n) is 7.78. The number of aryl methyl sites for hydroxylation is 2. The summed E-state index contributed by atoms with van der Waals surface area (Å²) in [7, 11) is -3.68. The Hall–Kier alpha value is -2.98. The van der Waals surface area contributed by atoms with Crippen molar-refractivity contribution in [2.45, 2.75) is 45.1 Å². The minimum atomic E-state index is -3.68. The summed E-state index contributed by atoms with van der Waals surface area (Å²) in [5.41, 5.74) is 1.48. The molecule has 0 aromatic carbocycles. The first-order valence-corrected chi connectivity index (χ1v) is 11.5. The zero-order chi connectivity index (χ0) is 22.3. The number of rotatable bonds is 6. The monoisotopic (exact) mass is 444 g/mol. The molecule has 1 aliphatic heterocycles. The van der Waals surface area contributed by atoms with Gasteiger partial charge in [-0.25, -0.2) is 8.42 Å². The number of Topliss-reactive ketones (excluding diaryl/α,β-unsaturated/α-hetero) is 1. The molecular formula is C21H24N4O5S. The quantitative estimate of drug-likeness (QED) is 0.540. The van der Waals surface area contributed by atoms with Crippen LogP contribution in [0.25, 0.3) is 5.82 Å². The summed E-state index contributed by atoms with van der Waals surface area (Å²) in [6.07, 6.45) is 2.89. The lowest BCUT2D eigenvalue weighted by Gasteiger charge is -2.16. The van der Waals surface area contributed by atoms with Gasteiger partial charge < -0.3 is 9.09 Å². The van der Waals surface area contributed by atoms with E-state index in [0.29, 0.717) is 35.9 Å². The number of pyridine rings is 1. The zero-order valence-electron chi connectivity index (χ0n) is 17.7. The summed E-state index contributed by atoms with van der Waals surface area (Å²) in [6, 6.07) is 6.00. The average Bonchev–Trinajstić information content (AvgIpc) is 3.45. The molecule has 0 atom stereocenters. The molecule has 10 heteroatoms. The topological polar surface area (TPSA) is 107 Å². The fraction of sp³-hybridized carbons (Fsp3) is 0.381. The summed E-state index contributed by atoms with van der Waals surface area (Å²) < 4.78 is 35.1. The molecule has 0 N–H and O–H groups in total. The molecule has 164 valence electrons. The Morgan fingerprint density at radius 2 is 1.84 bits per heavy atom. The molecule has 0 amide bonds. The van der Waals surface area contributed by atoms with Crippen molar-refractivity contribution in [1.82, 2.24) is 18.6 Å². The predicted octanol–water partition coefficient (Wildman–Crippen LogP) is 2.22. The van der Waals surface area contributed by atoms with Crippen LogP contribution in [0.15, 0.2) is 44.7 Å². The number of ketones is 1. The van der Waals surface area contributed by atoms with Crippen LogP contribution in [0, 0.1) is 20.8 Å². The van der Waals surface area contributed by atoms with E-state index in [0.717, 1.165) is 23.1 Å². The lowest BCUT2D eigenvalue weighted by Crippen LogP contribution is -2.30.